The van der Waals surface area contributed by atoms with Crippen molar-refractivity contribution in [1.82, 2.24) is 0 Å². The maximum absolute atomic E-state index is 11.4. The molecule has 2 aromatic carbocycles. The summed E-state index contributed by atoms with van der Waals surface area (Å²) in [5.41, 5.74) is 0. The second kappa shape index (κ2) is 5.12. The molecule has 2 rings (SSSR count). The summed E-state index contributed by atoms with van der Waals surface area (Å²) in [6.07, 6.45) is 0. The molecule has 2 aromatic rings. The molecule has 4 N–H and O–H groups in total. The van der Waals surface area contributed by atoms with E-state index in [1.807, 2.05) is 0 Å². The zero-order valence-electron chi connectivity index (χ0n) is 10.8. The summed E-state index contributed by atoms with van der Waals surface area (Å²) in [4.78, 5) is -3.03. The van der Waals surface area contributed by atoms with Crippen LogP contribution in [-0.2, 0) is 30.4 Å². The Labute approximate surface area is 130 Å². The average Bonchev–Trinajstić information content (AvgIpc) is 2.34. The van der Waals surface area contributed by atoms with Gasteiger partial charge in [-0.2, -0.15) is 25.3 Å². The standard InChI is InChI=1S/C10H8O10S3/c11-10-6-2-1-5(21(12,13)14)3-7(6)8(22(15,16)17)4-9(10)23(18,19)20/h1-4,11H,(H,12,13,14)(H,15,16,17)(H,18,19,20). The van der Waals surface area contributed by atoms with Crippen molar-refractivity contribution in [3.8, 4) is 5.75 Å². The number of aromatic hydroxyl groups is 1. The van der Waals surface area contributed by atoms with Gasteiger partial charge in [0, 0.05) is 10.8 Å². The molecule has 0 bridgehead atoms. The Morgan fingerprint density at radius 2 is 1.17 bits per heavy atom. The van der Waals surface area contributed by atoms with Crippen molar-refractivity contribution >= 4 is 41.1 Å². The van der Waals surface area contributed by atoms with Crippen molar-refractivity contribution in [2.24, 2.45) is 0 Å². The van der Waals surface area contributed by atoms with Crippen molar-refractivity contribution in [3.05, 3.63) is 24.3 Å². The number of fused-ring (bicyclic) bond motifs is 1. The van der Waals surface area contributed by atoms with Crippen LogP contribution in [0.3, 0.4) is 0 Å². The Hall–Kier alpha value is -1.77. The van der Waals surface area contributed by atoms with Gasteiger partial charge in [-0.25, -0.2) is 0 Å². The second-order valence-corrected chi connectivity index (χ2v) is 8.56. The predicted molar refractivity (Wildman–Crippen MR) is 75.1 cm³/mol. The number of rotatable bonds is 3. The fourth-order valence-corrected chi connectivity index (χ4v) is 3.82. The summed E-state index contributed by atoms with van der Waals surface area (Å²) in [5, 5.41) is 8.78. The molecule has 0 heterocycles. The molecule has 0 saturated heterocycles. The Kier molecular flexibility index (Phi) is 3.91. The van der Waals surface area contributed by atoms with Crippen molar-refractivity contribution in [1.29, 1.82) is 0 Å². The lowest BCUT2D eigenvalue weighted by Gasteiger charge is -2.10. The monoisotopic (exact) mass is 384 g/mol. The van der Waals surface area contributed by atoms with Crippen molar-refractivity contribution < 1.29 is 44.0 Å². The maximum Gasteiger partial charge on any atom is 0.298 e. The van der Waals surface area contributed by atoms with Gasteiger partial charge >= 0.3 is 0 Å². The molecule has 0 radical (unpaired) electrons. The molecule has 0 fully saturated rings. The number of benzene rings is 2. The van der Waals surface area contributed by atoms with Crippen LogP contribution in [-0.4, -0.2) is 44.0 Å². The van der Waals surface area contributed by atoms with Crippen LogP contribution < -0.4 is 0 Å². The highest BCUT2D eigenvalue weighted by Crippen LogP contribution is 2.37. The molecule has 23 heavy (non-hydrogen) atoms. The van der Waals surface area contributed by atoms with E-state index >= 15 is 0 Å². The van der Waals surface area contributed by atoms with Crippen molar-refractivity contribution in [2.45, 2.75) is 14.7 Å². The lowest BCUT2D eigenvalue weighted by atomic mass is 10.1. The van der Waals surface area contributed by atoms with Gasteiger partial charge in [0.2, 0.25) is 0 Å². The Balaban J connectivity index is 3.13. The highest BCUT2D eigenvalue weighted by molar-refractivity contribution is 7.87. The van der Waals surface area contributed by atoms with Gasteiger partial charge in [0.25, 0.3) is 30.4 Å². The van der Waals surface area contributed by atoms with Gasteiger partial charge in [0.05, 0.1) is 4.90 Å². The van der Waals surface area contributed by atoms with E-state index in [2.05, 4.69) is 0 Å². The second-order valence-electron chi connectivity index (χ2n) is 4.35. The zero-order valence-corrected chi connectivity index (χ0v) is 13.2. The first-order valence-electron chi connectivity index (χ1n) is 5.45. The van der Waals surface area contributed by atoms with Crippen molar-refractivity contribution in [2.75, 3.05) is 0 Å². The molecule has 0 saturated carbocycles. The normalized spacial score (nSPS) is 13.3. The molecule has 13 heteroatoms. The van der Waals surface area contributed by atoms with Gasteiger partial charge in [-0.05, 0) is 24.3 Å². The van der Waals surface area contributed by atoms with Crippen LogP contribution in [0.25, 0.3) is 10.8 Å². The summed E-state index contributed by atoms with van der Waals surface area (Å²) in [7, 11) is -14.8. The quantitative estimate of drug-likeness (QED) is 0.536. The minimum Gasteiger partial charge on any atom is -0.506 e. The zero-order chi connectivity index (χ0) is 17.8. The van der Waals surface area contributed by atoms with E-state index in [4.69, 9.17) is 13.7 Å². The highest BCUT2D eigenvalue weighted by atomic mass is 32.2. The molecular formula is C10H8O10S3. The number of hydrogen-bond acceptors (Lipinski definition) is 7. The number of phenols is 1. The minimum absolute atomic E-state index is 0.260. The minimum atomic E-state index is -5.05. The summed E-state index contributed by atoms with van der Waals surface area (Å²) in [5.74, 6) is -1.06. The van der Waals surface area contributed by atoms with Crippen LogP contribution in [0.15, 0.2) is 39.0 Å². The first-order chi connectivity index (χ1) is 10.2. The first-order valence-corrected chi connectivity index (χ1v) is 9.77. The molecule has 0 atom stereocenters. The molecule has 0 aliphatic rings. The smallest absolute Gasteiger partial charge is 0.298 e. The van der Waals surface area contributed by atoms with Crippen molar-refractivity contribution in [3.63, 3.8) is 0 Å². The van der Waals surface area contributed by atoms with E-state index in [1.54, 1.807) is 0 Å². The fraction of sp³-hybridized carbons (Fsp3) is 0. The van der Waals surface area contributed by atoms with Crippen LogP contribution in [0.2, 0.25) is 0 Å². The van der Waals surface area contributed by atoms with Crippen LogP contribution in [0.1, 0.15) is 0 Å². The first kappa shape index (κ1) is 17.6. The lowest BCUT2D eigenvalue weighted by Crippen LogP contribution is -2.06. The van der Waals surface area contributed by atoms with E-state index < -0.39 is 61.6 Å². The Morgan fingerprint density at radius 3 is 1.61 bits per heavy atom. The largest absolute Gasteiger partial charge is 0.506 e. The van der Waals surface area contributed by atoms with Gasteiger partial charge in [0.15, 0.2) is 0 Å². The van der Waals surface area contributed by atoms with E-state index in [9.17, 15) is 30.4 Å². The third-order valence-corrected chi connectivity index (χ3v) is 5.47. The summed E-state index contributed by atoms with van der Waals surface area (Å²) >= 11 is 0. The van der Waals surface area contributed by atoms with E-state index in [0.717, 1.165) is 12.1 Å². The molecule has 0 spiro atoms. The van der Waals surface area contributed by atoms with Crippen LogP contribution in [0.5, 0.6) is 5.75 Å². The SMILES string of the molecule is O=S(=O)(O)c1ccc2c(O)c(S(=O)(=O)O)cc(S(=O)(=O)O)c2c1. The molecule has 0 amide bonds. The third kappa shape index (κ3) is 3.29. The van der Waals surface area contributed by atoms with Crippen LogP contribution in [0, 0.1) is 0 Å². The van der Waals surface area contributed by atoms with Gasteiger partial charge in [0.1, 0.15) is 15.5 Å². The predicted octanol–water partition coefficient (Wildman–Crippen LogP) is 0.286. The number of phenolic OH excluding ortho intramolecular Hbond substituents is 1. The molecule has 0 aliphatic carbocycles. The number of hydrogen-bond donors (Lipinski definition) is 4. The summed E-state index contributed by atoms with van der Waals surface area (Å²) in [6, 6.07) is 2.44. The Bertz CT molecular complexity index is 1130. The topological polar surface area (TPSA) is 183 Å². The lowest BCUT2D eigenvalue weighted by molar-refractivity contribution is 0.446. The maximum atomic E-state index is 11.4. The van der Waals surface area contributed by atoms with Gasteiger partial charge in [-0.3, -0.25) is 13.7 Å². The van der Waals surface area contributed by atoms with E-state index in [0.29, 0.717) is 6.07 Å². The van der Waals surface area contributed by atoms with E-state index in [1.165, 1.54) is 0 Å². The summed E-state index contributed by atoms with van der Waals surface area (Å²) in [6.45, 7) is 0. The average molecular weight is 384 g/mol. The Morgan fingerprint density at radius 1 is 0.652 bits per heavy atom. The fourth-order valence-electron chi connectivity index (χ4n) is 1.90. The highest BCUT2D eigenvalue weighted by Gasteiger charge is 2.26. The molecule has 0 unspecified atom stereocenters. The molecule has 0 aliphatic heterocycles. The van der Waals surface area contributed by atoms with E-state index in [-0.39, 0.29) is 6.07 Å². The molecular weight excluding hydrogens is 376 g/mol. The van der Waals surface area contributed by atoms with Gasteiger partial charge in [-0.1, -0.05) is 0 Å². The molecule has 126 valence electrons. The van der Waals surface area contributed by atoms with Crippen LogP contribution in [0.4, 0.5) is 0 Å². The molecule has 0 aromatic heterocycles. The van der Waals surface area contributed by atoms with Crippen LogP contribution >= 0.6 is 0 Å². The van der Waals surface area contributed by atoms with Gasteiger partial charge < -0.3 is 5.11 Å². The summed E-state index contributed by atoms with van der Waals surface area (Å²) < 4.78 is 94.5. The van der Waals surface area contributed by atoms with Gasteiger partial charge in [-0.15, -0.1) is 0 Å². The third-order valence-electron chi connectivity index (χ3n) is 2.86. The molecule has 10 nitrogen and oxygen atoms in total.